The third-order valence-corrected chi connectivity index (χ3v) is 12.2. The molecule has 1 aliphatic rings. The molecule has 1 aliphatic heterocycles. The first kappa shape index (κ1) is 56.8. The molecule has 10 N–H and O–H groups in total. The number of ether oxygens (including phenoxy) is 1. The summed E-state index contributed by atoms with van der Waals surface area (Å²) >= 11 is 0. The number of nitrogens with two attached hydrogens (primary N) is 3. The Bertz CT molecular complexity index is 1220. The van der Waals surface area contributed by atoms with Gasteiger partial charge in [-0.3, -0.25) is 24.9 Å². The molecule has 0 spiro atoms. The Morgan fingerprint density at radius 3 is 1.64 bits per heavy atom. The van der Waals surface area contributed by atoms with Crippen LogP contribution in [0.25, 0.3) is 0 Å². The van der Waals surface area contributed by atoms with E-state index in [1.807, 2.05) is 13.8 Å². The molecule has 13 heteroatoms. The molecule has 13 nitrogen and oxygen atoms in total. The number of nitrogens with zero attached hydrogens (tertiary/aromatic N) is 1. The number of ketones is 2. The smallest absolute Gasteiger partial charge is 0.245 e. The van der Waals surface area contributed by atoms with Gasteiger partial charge < -0.3 is 41.7 Å². The van der Waals surface area contributed by atoms with Crippen LogP contribution in [0.3, 0.4) is 0 Å². The number of carbonyl (C=O) groups excluding carboxylic acids is 4. The second-order valence-corrected chi connectivity index (χ2v) is 18.1. The molecule has 0 bridgehead atoms. The molecule has 1 rings (SSSR count). The Morgan fingerprint density at radius 1 is 0.721 bits per heavy atom. The van der Waals surface area contributed by atoms with E-state index in [9.17, 15) is 34.5 Å². The van der Waals surface area contributed by atoms with Crippen molar-refractivity contribution in [3.63, 3.8) is 0 Å². The summed E-state index contributed by atoms with van der Waals surface area (Å²) in [5.74, 6) is -6.93. The maximum absolute atomic E-state index is 14.6. The zero-order chi connectivity index (χ0) is 45.5. The lowest BCUT2D eigenvalue weighted by Gasteiger charge is -2.53. The minimum absolute atomic E-state index is 0.0779. The topological polar surface area (TPSA) is 232 Å². The maximum Gasteiger partial charge on any atom is 0.245 e. The zero-order valence-corrected chi connectivity index (χ0v) is 39.0. The van der Waals surface area contributed by atoms with Crippen molar-refractivity contribution >= 4 is 23.4 Å². The number of carbonyl (C=O) groups is 4. The summed E-state index contributed by atoms with van der Waals surface area (Å²) in [6, 6.07) is -2.93. The minimum Gasteiger partial charge on any atom is -0.394 e. The van der Waals surface area contributed by atoms with E-state index in [0.717, 1.165) is 64.2 Å². The number of aliphatic hydroxyl groups is 3. The number of amides is 2. The van der Waals surface area contributed by atoms with E-state index in [-0.39, 0.29) is 31.2 Å². The van der Waals surface area contributed by atoms with Crippen molar-refractivity contribution < 1.29 is 39.2 Å². The predicted octanol–water partition coefficient (Wildman–Crippen LogP) is 6.85. The average molecular weight is 866 g/mol. The molecule has 1 fully saturated rings. The molecule has 0 radical (unpaired) electrons. The van der Waals surface area contributed by atoms with Crippen LogP contribution in [0, 0.1) is 11.8 Å². The van der Waals surface area contributed by atoms with Crippen molar-refractivity contribution in [2.45, 2.75) is 237 Å². The first-order valence-electron chi connectivity index (χ1n) is 24.5. The van der Waals surface area contributed by atoms with Gasteiger partial charge in [-0.2, -0.15) is 0 Å². The van der Waals surface area contributed by atoms with Crippen molar-refractivity contribution in [1.82, 2.24) is 10.2 Å². The Labute approximate surface area is 370 Å². The van der Waals surface area contributed by atoms with Crippen molar-refractivity contribution in [2.75, 3.05) is 19.7 Å². The average Bonchev–Trinajstić information content (AvgIpc) is 3.23. The number of rotatable bonds is 38. The molecule has 356 valence electrons. The third-order valence-electron chi connectivity index (χ3n) is 12.2. The Morgan fingerprint density at radius 2 is 1.18 bits per heavy atom. The summed E-state index contributed by atoms with van der Waals surface area (Å²) in [5.41, 5.74) is 18.3. The fourth-order valence-electron chi connectivity index (χ4n) is 8.35. The molecule has 1 unspecified atom stereocenters. The lowest BCUT2D eigenvalue weighted by atomic mass is 9.79. The highest BCUT2D eigenvalue weighted by Crippen LogP contribution is 2.37. The van der Waals surface area contributed by atoms with E-state index >= 15 is 0 Å². The molecule has 1 saturated heterocycles. The van der Waals surface area contributed by atoms with Crippen molar-refractivity contribution in [1.29, 1.82) is 0 Å². The number of allylic oxidation sites excluding steroid dienone is 2. The molecule has 61 heavy (non-hydrogen) atoms. The SMILES string of the molecule is CCCCCCCC/C=C\CCCCCCCC(=O)N(CCCCCCCCCCCCCC)[C@]1(N)O[C@H](CO)[C@@H](O)[C@H](O)[C@H]1C(=O)[C@H](CC(C)C)NC(=O)C(N)C(=O)CN. The Hall–Kier alpha value is -2.26. The van der Waals surface area contributed by atoms with Crippen molar-refractivity contribution in [3.05, 3.63) is 12.2 Å². The quantitative estimate of drug-likeness (QED) is 0.0147. The zero-order valence-electron chi connectivity index (χ0n) is 39.0. The third kappa shape index (κ3) is 22.3. The van der Waals surface area contributed by atoms with E-state index in [4.69, 9.17) is 21.9 Å². The van der Waals surface area contributed by atoms with Crippen molar-refractivity contribution in [3.8, 4) is 0 Å². The van der Waals surface area contributed by atoms with Crippen LogP contribution in [0.2, 0.25) is 0 Å². The summed E-state index contributed by atoms with van der Waals surface area (Å²) in [4.78, 5) is 55.5. The number of unbranched alkanes of at least 4 members (excludes halogenated alkanes) is 22. The highest BCUT2D eigenvalue weighted by Gasteiger charge is 2.59. The fourth-order valence-corrected chi connectivity index (χ4v) is 8.35. The number of nitrogens with one attached hydrogen (secondary N) is 1. The highest BCUT2D eigenvalue weighted by molar-refractivity contribution is 6.07. The first-order valence-corrected chi connectivity index (χ1v) is 24.5. The van der Waals surface area contributed by atoms with Crippen LogP contribution in [-0.4, -0.2) is 99.5 Å². The second-order valence-electron chi connectivity index (χ2n) is 18.1. The van der Waals surface area contributed by atoms with Crippen LogP contribution in [0.15, 0.2) is 12.2 Å². The van der Waals surface area contributed by atoms with E-state index in [1.165, 1.54) is 88.4 Å². The molecule has 0 aromatic rings. The number of hydrogen-bond acceptors (Lipinski definition) is 11. The van der Waals surface area contributed by atoms with Gasteiger partial charge in [-0.1, -0.05) is 162 Å². The number of Topliss-reactive ketones (excluding diaryl/α,β-unsaturated/α-hetero) is 2. The highest BCUT2D eigenvalue weighted by atomic mass is 16.6. The summed E-state index contributed by atoms with van der Waals surface area (Å²) < 4.78 is 6.16. The minimum atomic E-state index is -2.27. The summed E-state index contributed by atoms with van der Waals surface area (Å²) in [6.07, 6.45) is 27.6. The standard InChI is InChI=1S/C48H91N5O8/c1-5-7-9-11-13-15-17-19-20-21-22-24-26-28-30-32-41(56)53(33-31-29-27-25-23-18-16-14-12-10-8-6-2)48(51)42(46(59)45(58)40(36-54)61-48)44(57)38(34-37(3)4)52-47(60)43(50)39(55)35-49/h19-20,37-38,40,42-43,45-46,54,58-59H,5-18,21-36,49-51H2,1-4H3,(H,52,60)/b20-19-/t38-,40+,42+,43?,45+,46+,48-/m0/s1. The van der Waals surface area contributed by atoms with Gasteiger partial charge in [0.15, 0.2) is 11.6 Å². The second kappa shape index (κ2) is 34.2. The van der Waals surface area contributed by atoms with Gasteiger partial charge in [0.25, 0.3) is 0 Å². The molecular formula is C48H91N5O8. The van der Waals surface area contributed by atoms with Gasteiger partial charge in [0, 0.05) is 13.0 Å². The van der Waals surface area contributed by atoms with E-state index in [1.54, 1.807) is 0 Å². The van der Waals surface area contributed by atoms with Gasteiger partial charge in [0.05, 0.1) is 25.3 Å². The van der Waals surface area contributed by atoms with E-state index < -0.39 is 72.8 Å². The fraction of sp³-hybridized carbons (Fsp3) is 0.875. The van der Waals surface area contributed by atoms with Crippen LogP contribution in [0.5, 0.6) is 0 Å². The molecule has 0 aromatic heterocycles. The Balaban J connectivity index is 3.13. The maximum atomic E-state index is 14.6. The lowest BCUT2D eigenvalue weighted by Crippen LogP contribution is -2.76. The molecule has 0 saturated carbocycles. The van der Waals surface area contributed by atoms with Crippen LogP contribution in [-0.2, 0) is 23.9 Å². The van der Waals surface area contributed by atoms with E-state index in [0.29, 0.717) is 12.8 Å². The van der Waals surface area contributed by atoms with Crippen LogP contribution in [0.4, 0.5) is 0 Å². The normalized spacial score (nSPS) is 21.5. The summed E-state index contributed by atoms with van der Waals surface area (Å²) in [5, 5.41) is 35.5. The summed E-state index contributed by atoms with van der Waals surface area (Å²) in [7, 11) is 0. The van der Waals surface area contributed by atoms with Gasteiger partial charge in [0.2, 0.25) is 17.7 Å². The van der Waals surface area contributed by atoms with Gasteiger partial charge in [-0.15, -0.1) is 0 Å². The van der Waals surface area contributed by atoms with Crippen molar-refractivity contribution in [2.24, 2.45) is 29.0 Å². The van der Waals surface area contributed by atoms with Gasteiger partial charge in [0.1, 0.15) is 24.2 Å². The molecule has 2 amide bonds. The number of hydrogen-bond donors (Lipinski definition) is 7. The van der Waals surface area contributed by atoms with Gasteiger partial charge in [-0.25, -0.2) is 0 Å². The monoisotopic (exact) mass is 866 g/mol. The number of aliphatic hydroxyl groups excluding tert-OH is 3. The predicted molar refractivity (Wildman–Crippen MR) is 245 cm³/mol. The molecule has 1 heterocycles. The summed E-state index contributed by atoms with van der Waals surface area (Å²) in [6.45, 7) is 7.04. The molecule has 0 aromatic carbocycles. The lowest BCUT2D eigenvalue weighted by molar-refractivity contribution is -0.292. The molecule has 0 aliphatic carbocycles. The van der Waals surface area contributed by atoms with Crippen LogP contribution < -0.4 is 22.5 Å². The largest absolute Gasteiger partial charge is 0.394 e. The van der Waals surface area contributed by atoms with Gasteiger partial charge in [-0.05, 0) is 50.9 Å². The molecule has 7 atom stereocenters. The molecular weight excluding hydrogens is 775 g/mol. The van der Waals surface area contributed by atoms with Gasteiger partial charge >= 0.3 is 0 Å². The Kier molecular flexibility index (Phi) is 31.8. The van der Waals surface area contributed by atoms with Crippen LogP contribution in [0.1, 0.15) is 201 Å². The van der Waals surface area contributed by atoms with Crippen LogP contribution >= 0.6 is 0 Å². The van der Waals surface area contributed by atoms with E-state index in [2.05, 4.69) is 31.3 Å². The first-order chi connectivity index (χ1) is 29.3.